The smallest absolute Gasteiger partial charge is 0.331 e. The number of carbonyl (C=O) groups excluding carboxylic acids is 1. The number of amides is 1. The van der Waals surface area contributed by atoms with E-state index in [0.29, 0.717) is 27.6 Å². The Labute approximate surface area is 151 Å². The zero-order chi connectivity index (χ0) is 18.7. The molecule has 3 aromatic rings. The predicted molar refractivity (Wildman–Crippen MR) is 96.6 cm³/mol. The highest BCUT2D eigenvalue weighted by Crippen LogP contribution is 2.38. The third-order valence-electron chi connectivity index (χ3n) is 3.51. The number of thiazole rings is 1. The van der Waals surface area contributed by atoms with Crippen molar-refractivity contribution in [3.05, 3.63) is 59.6 Å². The number of hydrogen-bond donors (Lipinski definition) is 2. The largest absolute Gasteiger partial charge is 0.416 e. The second-order valence-electron chi connectivity index (χ2n) is 5.48. The van der Waals surface area contributed by atoms with Crippen molar-refractivity contribution in [3.63, 3.8) is 0 Å². The topological polar surface area (TPSA) is 54.0 Å². The molecule has 3 rings (SSSR count). The SMILES string of the molecule is CC(=O)Nc1cccc(-c2cc(C(F)(F)F)ccc2Nc2nccs2)c1. The number of alkyl halides is 3. The first-order valence-electron chi connectivity index (χ1n) is 7.59. The fraction of sp³-hybridized carbons (Fsp3) is 0.111. The normalized spacial score (nSPS) is 11.2. The lowest BCUT2D eigenvalue weighted by Gasteiger charge is -2.15. The Bertz CT molecular complexity index is 924. The van der Waals surface area contributed by atoms with Crippen molar-refractivity contribution in [2.45, 2.75) is 13.1 Å². The molecule has 0 radical (unpaired) electrons. The number of carbonyl (C=O) groups is 1. The summed E-state index contributed by atoms with van der Waals surface area (Å²) in [5.74, 6) is -0.257. The van der Waals surface area contributed by atoms with Crippen molar-refractivity contribution in [1.29, 1.82) is 0 Å². The van der Waals surface area contributed by atoms with Crippen molar-refractivity contribution in [2.75, 3.05) is 10.6 Å². The molecular weight excluding hydrogens is 363 g/mol. The fourth-order valence-electron chi connectivity index (χ4n) is 2.44. The van der Waals surface area contributed by atoms with E-state index in [2.05, 4.69) is 15.6 Å². The van der Waals surface area contributed by atoms with Crippen LogP contribution in [0.4, 0.5) is 29.7 Å². The van der Waals surface area contributed by atoms with Gasteiger partial charge in [-0.2, -0.15) is 13.2 Å². The Kier molecular flexibility index (Phi) is 4.94. The lowest BCUT2D eigenvalue weighted by molar-refractivity contribution is -0.137. The molecule has 0 aliphatic carbocycles. The number of rotatable bonds is 4. The van der Waals surface area contributed by atoms with Crippen LogP contribution < -0.4 is 10.6 Å². The van der Waals surface area contributed by atoms with Gasteiger partial charge in [0, 0.05) is 35.4 Å². The maximum absolute atomic E-state index is 13.2. The molecule has 2 N–H and O–H groups in total. The summed E-state index contributed by atoms with van der Waals surface area (Å²) in [6, 6.07) is 10.2. The first-order valence-corrected chi connectivity index (χ1v) is 8.47. The van der Waals surface area contributed by atoms with Crippen LogP contribution in [0.5, 0.6) is 0 Å². The van der Waals surface area contributed by atoms with E-state index < -0.39 is 11.7 Å². The highest BCUT2D eigenvalue weighted by Gasteiger charge is 2.31. The summed E-state index contributed by atoms with van der Waals surface area (Å²) >= 11 is 1.34. The average Bonchev–Trinajstić information content (AvgIpc) is 3.07. The number of anilines is 3. The molecule has 8 heteroatoms. The molecule has 4 nitrogen and oxygen atoms in total. The molecule has 1 aromatic heterocycles. The van der Waals surface area contributed by atoms with Gasteiger partial charge >= 0.3 is 6.18 Å². The minimum Gasteiger partial charge on any atom is -0.331 e. The molecule has 134 valence electrons. The second-order valence-corrected chi connectivity index (χ2v) is 6.38. The van der Waals surface area contributed by atoms with E-state index in [1.807, 2.05) is 0 Å². The lowest BCUT2D eigenvalue weighted by Crippen LogP contribution is -2.07. The summed E-state index contributed by atoms with van der Waals surface area (Å²) in [5.41, 5.74) is 1.16. The second kappa shape index (κ2) is 7.17. The van der Waals surface area contributed by atoms with Crippen molar-refractivity contribution in [1.82, 2.24) is 4.98 Å². The van der Waals surface area contributed by atoms with Crippen LogP contribution >= 0.6 is 11.3 Å². The van der Waals surface area contributed by atoms with Gasteiger partial charge in [-0.3, -0.25) is 4.79 Å². The molecule has 0 saturated carbocycles. The molecule has 0 bridgehead atoms. The number of aromatic nitrogens is 1. The van der Waals surface area contributed by atoms with Gasteiger partial charge in [0.2, 0.25) is 5.91 Å². The average molecular weight is 377 g/mol. The first kappa shape index (κ1) is 17.9. The summed E-state index contributed by atoms with van der Waals surface area (Å²) in [7, 11) is 0. The summed E-state index contributed by atoms with van der Waals surface area (Å²) < 4.78 is 39.5. The highest BCUT2D eigenvalue weighted by atomic mass is 32.1. The number of halogens is 3. The number of nitrogens with one attached hydrogen (secondary N) is 2. The number of hydrogen-bond acceptors (Lipinski definition) is 4. The van der Waals surface area contributed by atoms with Gasteiger partial charge in [0.15, 0.2) is 5.13 Å². The summed E-state index contributed by atoms with van der Waals surface area (Å²) in [5, 5.41) is 8.02. The fourth-order valence-corrected chi connectivity index (χ4v) is 2.98. The Balaban J connectivity index is 2.08. The van der Waals surface area contributed by atoms with Crippen LogP contribution in [0.3, 0.4) is 0 Å². The Morgan fingerprint density at radius 2 is 1.96 bits per heavy atom. The van der Waals surface area contributed by atoms with Crippen molar-refractivity contribution in [2.24, 2.45) is 0 Å². The van der Waals surface area contributed by atoms with Crippen LogP contribution in [0.1, 0.15) is 12.5 Å². The van der Waals surface area contributed by atoms with Crippen molar-refractivity contribution in [3.8, 4) is 11.1 Å². The zero-order valence-corrected chi connectivity index (χ0v) is 14.4. The molecule has 0 atom stereocenters. The van der Waals surface area contributed by atoms with Crippen LogP contribution in [-0.2, 0) is 11.0 Å². The molecule has 1 amide bonds. The summed E-state index contributed by atoms with van der Waals surface area (Å²) in [4.78, 5) is 15.3. The maximum Gasteiger partial charge on any atom is 0.416 e. The van der Waals surface area contributed by atoms with Gasteiger partial charge in [-0.15, -0.1) is 11.3 Å². The number of benzene rings is 2. The van der Waals surface area contributed by atoms with Gasteiger partial charge in [0.1, 0.15) is 0 Å². The maximum atomic E-state index is 13.2. The highest BCUT2D eigenvalue weighted by molar-refractivity contribution is 7.13. The van der Waals surface area contributed by atoms with E-state index in [4.69, 9.17) is 0 Å². The first-order chi connectivity index (χ1) is 12.3. The molecule has 0 fully saturated rings. The van der Waals surface area contributed by atoms with Gasteiger partial charge in [0.05, 0.1) is 5.56 Å². The van der Waals surface area contributed by atoms with E-state index in [-0.39, 0.29) is 5.91 Å². The van der Waals surface area contributed by atoms with E-state index in [9.17, 15) is 18.0 Å². The van der Waals surface area contributed by atoms with Gasteiger partial charge in [-0.25, -0.2) is 4.98 Å². The standard InChI is InChI=1S/C18H14F3N3OS/c1-11(25)23-14-4-2-3-12(9-14)15-10-13(18(19,20)21)5-6-16(15)24-17-22-7-8-26-17/h2-10H,1H3,(H,22,24)(H,23,25). The van der Waals surface area contributed by atoms with Crippen LogP contribution in [0.25, 0.3) is 11.1 Å². The van der Waals surface area contributed by atoms with E-state index in [1.165, 1.54) is 24.3 Å². The molecule has 0 unspecified atom stereocenters. The third-order valence-corrected chi connectivity index (χ3v) is 4.20. The van der Waals surface area contributed by atoms with Crippen molar-refractivity contribution >= 4 is 33.8 Å². The zero-order valence-electron chi connectivity index (χ0n) is 13.6. The van der Waals surface area contributed by atoms with Gasteiger partial charge in [-0.05, 0) is 35.9 Å². The monoisotopic (exact) mass is 377 g/mol. The molecule has 0 spiro atoms. The molecule has 0 aliphatic rings. The lowest BCUT2D eigenvalue weighted by atomic mass is 10.00. The molecule has 2 aromatic carbocycles. The summed E-state index contributed by atoms with van der Waals surface area (Å²) in [6.45, 7) is 1.37. The van der Waals surface area contributed by atoms with Crippen LogP contribution in [0.2, 0.25) is 0 Å². The van der Waals surface area contributed by atoms with E-state index in [1.54, 1.807) is 35.8 Å². The van der Waals surface area contributed by atoms with Gasteiger partial charge in [-0.1, -0.05) is 12.1 Å². The number of nitrogens with zero attached hydrogens (tertiary/aromatic N) is 1. The summed E-state index contributed by atoms with van der Waals surface area (Å²) in [6.07, 6.45) is -2.85. The minimum atomic E-state index is -4.45. The predicted octanol–water partition coefficient (Wildman–Crippen LogP) is 5.53. The molecule has 0 saturated heterocycles. The van der Waals surface area contributed by atoms with Gasteiger partial charge in [0.25, 0.3) is 0 Å². The van der Waals surface area contributed by atoms with E-state index in [0.717, 1.165) is 12.1 Å². The Hall–Kier alpha value is -2.87. The minimum absolute atomic E-state index is 0.257. The third kappa shape index (κ3) is 4.20. The molecular formula is C18H14F3N3OS. The quantitative estimate of drug-likeness (QED) is 0.628. The Morgan fingerprint density at radius 3 is 2.62 bits per heavy atom. The molecule has 0 aliphatic heterocycles. The van der Waals surface area contributed by atoms with Gasteiger partial charge < -0.3 is 10.6 Å². The molecule has 1 heterocycles. The van der Waals surface area contributed by atoms with Crippen LogP contribution in [-0.4, -0.2) is 10.9 Å². The van der Waals surface area contributed by atoms with Crippen LogP contribution in [0.15, 0.2) is 54.0 Å². The van der Waals surface area contributed by atoms with Crippen LogP contribution in [0, 0.1) is 0 Å². The van der Waals surface area contributed by atoms with Crippen molar-refractivity contribution < 1.29 is 18.0 Å². The Morgan fingerprint density at radius 1 is 1.15 bits per heavy atom. The molecule has 26 heavy (non-hydrogen) atoms. The van der Waals surface area contributed by atoms with E-state index >= 15 is 0 Å².